The van der Waals surface area contributed by atoms with Crippen molar-refractivity contribution in [3.05, 3.63) is 59.2 Å². The van der Waals surface area contributed by atoms with Crippen LogP contribution in [-0.4, -0.2) is 15.7 Å². The summed E-state index contributed by atoms with van der Waals surface area (Å²) in [6, 6.07) is 13.3. The molecule has 3 rings (SSSR count). The van der Waals surface area contributed by atoms with Gasteiger partial charge in [0.1, 0.15) is 0 Å². The zero-order valence-corrected chi connectivity index (χ0v) is 13.0. The number of benzene rings is 2. The molecule has 1 N–H and O–H groups in total. The summed E-state index contributed by atoms with van der Waals surface area (Å²) >= 11 is 5.90. The van der Waals surface area contributed by atoms with E-state index in [1.807, 2.05) is 29.1 Å². The van der Waals surface area contributed by atoms with Crippen LogP contribution in [-0.2, 0) is 11.3 Å². The average Bonchev–Trinajstić information content (AvgIpc) is 2.87. The van der Waals surface area contributed by atoms with E-state index < -0.39 is 0 Å². The lowest BCUT2D eigenvalue weighted by Gasteiger charge is -2.06. The van der Waals surface area contributed by atoms with Crippen LogP contribution in [0.5, 0.6) is 0 Å². The van der Waals surface area contributed by atoms with Crippen molar-refractivity contribution in [2.75, 3.05) is 5.32 Å². The molecule has 0 spiro atoms. The first-order chi connectivity index (χ1) is 10.6. The number of carbonyl (C=O) groups excluding carboxylic acids is 1. The zero-order valence-electron chi connectivity index (χ0n) is 12.2. The summed E-state index contributed by atoms with van der Waals surface area (Å²) in [6.07, 6.45) is 2.19. The Bertz CT molecular complexity index is 826. The lowest BCUT2D eigenvalue weighted by atomic mass is 10.2. The standard InChI is InChI=1S/C17H16ClN3O/c1-12-5-6-16-13(9-12)11-19-21(16)8-7-17(22)20-15-4-2-3-14(18)10-15/h2-6,9-11H,7-8H2,1H3,(H,20,22). The smallest absolute Gasteiger partial charge is 0.226 e. The predicted octanol–water partition coefficient (Wildman–Crippen LogP) is 4.03. The topological polar surface area (TPSA) is 46.9 Å². The molecule has 0 bridgehead atoms. The molecule has 5 heteroatoms. The third kappa shape index (κ3) is 3.28. The molecule has 22 heavy (non-hydrogen) atoms. The maximum atomic E-state index is 12.0. The highest BCUT2D eigenvalue weighted by atomic mass is 35.5. The van der Waals surface area contributed by atoms with Crippen molar-refractivity contribution in [2.24, 2.45) is 0 Å². The molecular weight excluding hydrogens is 298 g/mol. The normalized spacial score (nSPS) is 10.8. The first kappa shape index (κ1) is 14.6. The molecule has 3 aromatic rings. The van der Waals surface area contributed by atoms with Crippen molar-refractivity contribution in [1.82, 2.24) is 9.78 Å². The molecular formula is C17H16ClN3O. The van der Waals surface area contributed by atoms with Crippen LogP contribution in [0.3, 0.4) is 0 Å². The lowest BCUT2D eigenvalue weighted by molar-refractivity contribution is -0.116. The minimum Gasteiger partial charge on any atom is -0.326 e. The molecule has 2 aromatic carbocycles. The molecule has 1 amide bonds. The van der Waals surface area contributed by atoms with Crippen LogP contribution in [0.4, 0.5) is 5.69 Å². The molecule has 0 saturated carbocycles. The van der Waals surface area contributed by atoms with Gasteiger partial charge in [-0.2, -0.15) is 5.10 Å². The van der Waals surface area contributed by atoms with Gasteiger partial charge in [-0.1, -0.05) is 29.3 Å². The number of amides is 1. The number of anilines is 1. The van der Waals surface area contributed by atoms with Crippen LogP contribution in [0.2, 0.25) is 5.02 Å². The Labute approximate surface area is 133 Å². The molecule has 1 heterocycles. The molecule has 0 unspecified atom stereocenters. The van der Waals surface area contributed by atoms with Gasteiger partial charge >= 0.3 is 0 Å². The minimum atomic E-state index is -0.0574. The highest BCUT2D eigenvalue weighted by Gasteiger charge is 2.07. The van der Waals surface area contributed by atoms with E-state index in [4.69, 9.17) is 11.6 Å². The SMILES string of the molecule is Cc1ccc2c(cnn2CCC(=O)Nc2cccc(Cl)c2)c1. The molecule has 0 fully saturated rings. The van der Waals surface area contributed by atoms with Crippen molar-refractivity contribution >= 4 is 34.1 Å². The largest absolute Gasteiger partial charge is 0.326 e. The van der Waals surface area contributed by atoms with E-state index in [-0.39, 0.29) is 5.91 Å². The van der Waals surface area contributed by atoms with E-state index in [1.54, 1.807) is 18.2 Å². The van der Waals surface area contributed by atoms with Crippen molar-refractivity contribution in [2.45, 2.75) is 19.9 Å². The van der Waals surface area contributed by atoms with Crippen LogP contribution >= 0.6 is 11.6 Å². The fourth-order valence-electron chi connectivity index (χ4n) is 2.38. The monoisotopic (exact) mass is 313 g/mol. The van der Waals surface area contributed by atoms with E-state index in [0.717, 1.165) is 10.9 Å². The minimum absolute atomic E-state index is 0.0574. The van der Waals surface area contributed by atoms with E-state index in [1.165, 1.54) is 5.56 Å². The van der Waals surface area contributed by atoms with Gasteiger partial charge in [0.2, 0.25) is 5.91 Å². The number of fused-ring (bicyclic) bond motifs is 1. The molecule has 0 saturated heterocycles. The van der Waals surface area contributed by atoms with Crippen LogP contribution in [0.15, 0.2) is 48.7 Å². The van der Waals surface area contributed by atoms with Crippen LogP contribution < -0.4 is 5.32 Å². The zero-order chi connectivity index (χ0) is 15.5. The Morgan fingerprint density at radius 2 is 2.14 bits per heavy atom. The van der Waals surface area contributed by atoms with Crippen molar-refractivity contribution in [3.8, 4) is 0 Å². The van der Waals surface area contributed by atoms with Crippen molar-refractivity contribution in [3.63, 3.8) is 0 Å². The van der Waals surface area contributed by atoms with Crippen LogP contribution in [0.25, 0.3) is 10.9 Å². The Hall–Kier alpha value is -2.33. The number of nitrogens with one attached hydrogen (secondary N) is 1. The van der Waals surface area contributed by atoms with Crippen molar-refractivity contribution < 1.29 is 4.79 Å². The molecule has 0 atom stereocenters. The summed E-state index contributed by atoms with van der Waals surface area (Å²) in [5, 5.41) is 8.88. The number of carbonyl (C=O) groups is 1. The van der Waals surface area contributed by atoms with Gasteiger partial charge < -0.3 is 5.32 Å². The van der Waals surface area contributed by atoms with Gasteiger partial charge in [-0.25, -0.2) is 0 Å². The Kier molecular flexibility index (Phi) is 4.11. The van der Waals surface area contributed by atoms with Gasteiger partial charge in [0.25, 0.3) is 0 Å². The summed E-state index contributed by atoms with van der Waals surface area (Å²) in [5.74, 6) is -0.0574. The third-order valence-electron chi connectivity index (χ3n) is 3.46. The maximum absolute atomic E-state index is 12.0. The number of aromatic nitrogens is 2. The summed E-state index contributed by atoms with van der Waals surface area (Å²) in [6.45, 7) is 2.59. The van der Waals surface area contributed by atoms with Crippen molar-refractivity contribution in [1.29, 1.82) is 0 Å². The average molecular weight is 314 g/mol. The number of hydrogen-bond acceptors (Lipinski definition) is 2. The van der Waals surface area contributed by atoms with Gasteiger partial charge in [0, 0.05) is 22.5 Å². The first-order valence-corrected chi connectivity index (χ1v) is 7.47. The molecule has 112 valence electrons. The molecule has 4 nitrogen and oxygen atoms in total. The maximum Gasteiger partial charge on any atom is 0.226 e. The van der Waals surface area contributed by atoms with E-state index in [9.17, 15) is 4.79 Å². The first-order valence-electron chi connectivity index (χ1n) is 7.09. The van der Waals surface area contributed by atoms with E-state index in [0.29, 0.717) is 23.7 Å². The second kappa shape index (κ2) is 6.20. The molecule has 0 aliphatic heterocycles. The Balaban J connectivity index is 1.65. The summed E-state index contributed by atoms with van der Waals surface area (Å²) in [7, 11) is 0. The van der Waals surface area contributed by atoms with Gasteiger partial charge in [-0.3, -0.25) is 9.48 Å². The van der Waals surface area contributed by atoms with Gasteiger partial charge in [0.15, 0.2) is 0 Å². The molecule has 1 aromatic heterocycles. The highest BCUT2D eigenvalue weighted by molar-refractivity contribution is 6.30. The Morgan fingerprint density at radius 3 is 2.95 bits per heavy atom. The van der Waals surface area contributed by atoms with Gasteiger partial charge in [0.05, 0.1) is 18.3 Å². The number of hydrogen-bond donors (Lipinski definition) is 1. The summed E-state index contributed by atoms with van der Waals surface area (Å²) in [4.78, 5) is 12.0. The fraction of sp³-hybridized carbons (Fsp3) is 0.176. The molecule has 0 radical (unpaired) electrons. The van der Waals surface area contributed by atoms with Gasteiger partial charge in [-0.05, 0) is 37.3 Å². The Morgan fingerprint density at radius 1 is 1.27 bits per heavy atom. The second-order valence-corrected chi connectivity index (χ2v) is 5.67. The number of aryl methyl sites for hydroxylation is 2. The highest BCUT2D eigenvalue weighted by Crippen LogP contribution is 2.17. The van der Waals surface area contributed by atoms with E-state index >= 15 is 0 Å². The second-order valence-electron chi connectivity index (χ2n) is 5.24. The number of halogens is 1. The third-order valence-corrected chi connectivity index (χ3v) is 3.69. The van der Waals surface area contributed by atoms with E-state index in [2.05, 4.69) is 23.4 Å². The fourth-order valence-corrected chi connectivity index (χ4v) is 2.57. The predicted molar refractivity (Wildman–Crippen MR) is 89.2 cm³/mol. The van der Waals surface area contributed by atoms with Crippen LogP contribution in [0.1, 0.15) is 12.0 Å². The number of nitrogens with zero attached hydrogens (tertiary/aromatic N) is 2. The summed E-state index contributed by atoms with van der Waals surface area (Å²) < 4.78 is 1.85. The molecule has 0 aliphatic rings. The van der Waals surface area contributed by atoms with Crippen LogP contribution in [0, 0.1) is 6.92 Å². The summed E-state index contributed by atoms with van der Waals surface area (Å²) in [5.41, 5.74) is 2.95. The molecule has 0 aliphatic carbocycles. The quantitative estimate of drug-likeness (QED) is 0.790. The number of rotatable bonds is 4. The van der Waals surface area contributed by atoms with Gasteiger partial charge in [-0.15, -0.1) is 0 Å². The lowest BCUT2D eigenvalue weighted by Crippen LogP contribution is -2.14.